The molecule has 0 aliphatic carbocycles. The fraction of sp³-hybridized carbons (Fsp3) is 0.440. The molecule has 1 aromatic carbocycles. The monoisotopic (exact) mass is 482 g/mol. The van der Waals surface area contributed by atoms with E-state index in [4.69, 9.17) is 4.52 Å². The fourth-order valence-corrected chi connectivity index (χ4v) is 5.37. The Balaban J connectivity index is 1.45. The number of hydrogen-bond acceptors (Lipinski definition) is 6. The zero-order chi connectivity index (χ0) is 24.4. The topological polar surface area (TPSA) is 108 Å². The van der Waals surface area contributed by atoms with Crippen LogP contribution >= 0.6 is 11.3 Å². The van der Waals surface area contributed by atoms with Gasteiger partial charge in [0.2, 0.25) is 11.8 Å². The maximum Gasteiger partial charge on any atom is 0.280 e. The minimum atomic E-state index is -0.618. The van der Waals surface area contributed by atoms with Gasteiger partial charge in [-0.1, -0.05) is 38.1 Å². The molecule has 1 saturated heterocycles. The number of thiazole rings is 1. The summed E-state index contributed by atoms with van der Waals surface area (Å²) in [7, 11) is 0. The largest absolute Gasteiger partial charge is 0.383 e. The van der Waals surface area contributed by atoms with Gasteiger partial charge in [-0.25, -0.2) is 4.98 Å². The van der Waals surface area contributed by atoms with Crippen LogP contribution in [0.1, 0.15) is 62.6 Å². The van der Waals surface area contributed by atoms with Crippen LogP contribution in [-0.2, 0) is 9.59 Å². The summed E-state index contributed by atoms with van der Waals surface area (Å²) < 4.78 is 5.24. The summed E-state index contributed by atoms with van der Waals surface area (Å²) in [6.45, 7) is 8.24. The van der Waals surface area contributed by atoms with Crippen molar-refractivity contribution in [1.82, 2.24) is 20.4 Å². The van der Waals surface area contributed by atoms with Gasteiger partial charge in [0.05, 0.1) is 22.1 Å². The number of benzene rings is 1. The lowest BCUT2D eigenvalue weighted by molar-refractivity contribution is -0.141. The number of likely N-dealkylation sites (tertiary alicyclic amines) is 1. The molecule has 34 heavy (non-hydrogen) atoms. The molecule has 9 heteroatoms. The van der Waals surface area contributed by atoms with Gasteiger partial charge in [0.1, 0.15) is 12.0 Å². The SMILES string of the molecule is Cc1ncsc1-c1ccc([C@H](C)NC(=O)[C@@H]2CCCN2C(=O)C(c2cc(=O)[nH]o2)C(C)C)cc1. The second kappa shape index (κ2) is 9.97. The van der Waals surface area contributed by atoms with Crippen molar-refractivity contribution in [3.8, 4) is 10.4 Å². The summed E-state index contributed by atoms with van der Waals surface area (Å²) in [5.74, 6) is -0.755. The highest BCUT2D eigenvalue weighted by Gasteiger charge is 2.40. The molecule has 0 saturated carbocycles. The van der Waals surface area contributed by atoms with E-state index in [0.29, 0.717) is 18.7 Å². The molecule has 180 valence electrons. The van der Waals surface area contributed by atoms with Crippen molar-refractivity contribution in [2.24, 2.45) is 5.92 Å². The molecule has 0 bridgehead atoms. The number of nitrogens with one attached hydrogen (secondary N) is 2. The maximum atomic E-state index is 13.4. The van der Waals surface area contributed by atoms with Crippen molar-refractivity contribution >= 4 is 23.2 Å². The van der Waals surface area contributed by atoms with Gasteiger partial charge in [-0.2, -0.15) is 5.16 Å². The molecule has 1 aliphatic heterocycles. The number of hydrogen-bond donors (Lipinski definition) is 2. The van der Waals surface area contributed by atoms with Crippen molar-refractivity contribution in [2.75, 3.05) is 6.54 Å². The molecule has 2 aromatic heterocycles. The van der Waals surface area contributed by atoms with Gasteiger partial charge in [0.25, 0.3) is 5.56 Å². The summed E-state index contributed by atoms with van der Waals surface area (Å²) in [5.41, 5.74) is 4.55. The number of H-pyrrole nitrogens is 1. The first-order chi connectivity index (χ1) is 16.3. The third kappa shape index (κ3) is 4.84. The minimum Gasteiger partial charge on any atom is -0.383 e. The van der Waals surface area contributed by atoms with Gasteiger partial charge < -0.3 is 14.7 Å². The number of carbonyl (C=O) groups is 2. The third-order valence-electron chi connectivity index (χ3n) is 6.40. The molecule has 1 fully saturated rings. The first-order valence-electron chi connectivity index (χ1n) is 11.6. The van der Waals surface area contributed by atoms with Gasteiger partial charge in [-0.3, -0.25) is 14.4 Å². The zero-order valence-electron chi connectivity index (χ0n) is 19.8. The molecular formula is C25H30N4O4S. The first kappa shape index (κ1) is 23.9. The molecule has 3 heterocycles. The Hall–Kier alpha value is -3.20. The number of aryl methyl sites for hydroxylation is 1. The molecule has 8 nitrogen and oxygen atoms in total. The predicted molar refractivity (Wildman–Crippen MR) is 130 cm³/mol. The molecule has 2 N–H and O–H groups in total. The van der Waals surface area contributed by atoms with Gasteiger partial charge in [0, 0.05) is 12.6 Å². The van der Waals surface area contributed by atoms with Crippen LogP contribution in [0, 0.1) is 12.8 Å². The molecule has 4 rings (SSSR count). The van der Waals surface area contributed by atoms with Crippen LogP contribution in [0.2, 0.25) is 0 Å². The molecule has 2 amide bonds. The predicted octanol–water partition coefficient (Wildman–Crippen LogP) is 4.01. The van der Waals surface area contributed by atoms with E-state index in [9.17, 15) is 14.4 Å². The van der Waals surface area contributed by atoms with Crippen molar-refractivity contribution < 1.29 is 14.1 Å². The molecule has 3 atom stereocenters. The molecular weight excluding hydrogens is 452 g/mol. The normalized spacial score (nSPS) is 17.7. The standard InChI is InChI=1S/C25H30N4O4S/c1-14(2)22(20-12-21(30)28-33-20)25(32)29-11-5-6-19(29)24(31)27-15(3)17-7-9-18(10-8-17)23-16(4)26-13-34-23/h7-10,12-15,19,22H,5-6,11H2,1-4H3,(H,27,31)(H,28,30)/t15-,19-,22?/m0/s1. The average Bonchev–Trinajstić information content (AvgIpc) is 3.55. The summed E-state index contributed by atoms with van der Waals surface area (Å²) in [6, 6.07) is 8.68. The van der Waals surface area contributed by atoms with Gasteiger partial charge in [-0.15, -0.1) is 11.3 Å². The van der Waals surface area contributed by atoms with Gasteiger partial charge >= 0.3 is 0 Å². The molecule has 1 unspecified atom stereocenters. The number of aromatic nitrogens is 2. The minimum absolute atomic E-state index is 0.0876. The Morgan fingerprint density at radius 1 is 1.24 bits per heavy atom. The lowest BCUT2D eigenvalue weighted by atomic mass is 9.91. The Labute approximate surface area is 202 Å². The van der Waals surface area contributed by atoms with Crippen LogP contribution in [-0.4, -0.2) is 39.4 Å². The second-order valence-electron chi connectivity index (χ2n) is 9.15. The van der Waals surface area contributed by atoms with E-state index in [1.165, 1.54) is 6.07 Å². The van der Waals surface area contributed by atoms with Crippen molar-refractivity contribution in [3.05, 3.63) is 63.2 Å². The van der Waals surface area contributed by atoms with Crippen molar-refractivity contribution in [3.63, 3.8) is 0 Å². The van der Waals surface area contributed by atoms with Crippen LogP contribution in [0.5, 0.6) is 0 Å². The van der Waals surface area contributed by atoms with E-state index < -0.39 is 12.0 Å². The van der Waals surface area contributed by atoms with Crippen molar-refractivity contribution in [1.29, 1.82) is 0 Å². The lowest BCUT2D eigenvalue weighted by Gasteiger charge is -2.29. The Kier molecular flexibility index (Phi) is 7.02. The second-order valence-corrected chi connectivity index (χ2v) is 10.0. The summed E-state index contributed by atoms with van der Waals surface area (Å²) in [5, 5.41) is 5.34. The van der Waals surface area contributed by atoms with Crippen LogP contribution in [0.4, 0.5) is 0 Å². The Morgan fingerprint density at radius 3 is 2.56 bits per heavy atom. The van der Waals surface area contributed by atoms with Crippen LogP contribution in [0.25, 0.3) is 10.4 Å². The van der Waals surface area contributed by atoms with Crippen LogP contribution in [0.3, 0.4) is 0 Å². The van der Waals surface area contributed by atoms with E-state index in [-0.39, 0.29) is 29.3 Å². The van der Waals surface area contributed by atoms with Gasteiger partial charge in [0.15, 0.2) is 5.76 Å². The summed E-state index contributed by atoms with van der Waals surface area (Å²) in [4.78, 5) is 45.2. The van der Waals surface area contributed by atoms with Crippen LogP contribution in [0.15, 0.2) is 45.2 Å². The van der Waals surface area contributed by atoms with E-state index in [0.717, 1.165) is 28.1 Å². The van der Waals surface area contributed by atoms with Gasteiger partial charge in [-0.05, 0) is 43.7 Å². The van der Waals surface area contributed by atoms with E-state index >= 15 is 0 Å². The number of nitrogens with zero attached hydrogens (tertiary/aromatic N) is 2. The average molecular weight is 483 g/mol. The third-order valence-corrected chi connectivity index (χ3v) is 7.38. The number of rotatable bonds is 7. The zero-order valence-corrected chi connectivity index (χ0v) is 20.6. The van der Waals surface area contributed by atoms with Crippen LogP contribution < -0.4 is 10.9 Å². The summed E-state index contributed by atoms with van der Waals surface area (Å²) in [6.07, 6.45) is 1.36. The highest BCUT2D eigenvalue weighted by Crippen LogP contribution is 2.31. The molecule has 3 aromatic rings. The molecule has 1 aliphatic rings. The summed E-state index contributed by atoms with van der Waals surface area (Å²) >= 11 is 1.61. The number of carbonyl (C=O) groups excluding carboxylic acids is 2. The number of aromatic amines is 1. The maximum absolute atomic E-state index is 13.4. The van der Waals surface area contributed by atoms with E-state index in [1.54, 1.807) is 16.2 Å². The smallest absolute Gasteiger partial charge is 0.280 e. The first-order valence-corrected chi connectivity index (χ1v) is 12.4. The number of amides is 2. The highest BCUT2D eigenvalue weighted by atomic mass is 32.1. The highest BCUT2D eigenvalue weighted by molar-refractivity contribution is 7.13. The quantitative estimate of drug-likeness (QED) is 0.529. The Morgan fingerprint density at radius 2 is 1.97 bits per heavy atom. The Bertz CT molecular complexity index is 1210. The molecule has 0 spiro atoms. The van der Waals surface area contributed by atoms with Crippen molar-refractivity contribution in [2.45, 2.75) is 58.5 Å². The lowest BCUT2D eigenvalue weighted by Crippen LogP contribution is -2.48. The van der Waals surface area contributed by atoms with E-state index in [1.807, 2.05) is 57.5 Å². The fourth-order valence-electron chi connectivity index (χ4n) is 4.56. The van der Waals surface area contributed by atoms with E-state index in [2.05, 4.69) is 15.5 Å². The molecule has 0 radical (unpaired) electrons.